The van der Waals surface area contributed by atoms with Gasteiger partial charge in [0.2, 0.25) is 0 Å². The van der Waals surface area contributed by atoms with E-state index in [1.54, 1.807) is 6.92 Å². The summed E-state index contributed by atoms with van der Waals surface area (Å²) in [5, 5.41) is 3.11. The second-order valence-electron chi connectivity index (χ2n) is 3.06. The lowest BCUT2D eigenvalue weighted by Gasteiger charge is -2.08. The average Bonchev–Trinajstić information content (AvgIpc) is 2.26. The molecule has 1 aromatic carbocycles. The molecule has 0 aliphatic heterocycles. The second-order valence-corrected chi connectivity index (χ2v) is 3.91. The van der Waals surface area contributed by atoms with Crippen molar-refractivity contribution >= 4 is 35.1 Å². The Morgan fingerprint density at radius 2 is 1.94 bits per heavy atom. The molecule has 0 fully saturated rings. The zero-order chi connectivity index (χ0) is 12.8. The molecule has 1 rings (SSSR count). The molecule has 92 valence electrons. The van der Waals surface area contributed by atoms with Gasteiger partial charge in [-0.15, -0.1) is 0 Å². The maximum Gasteiger partial charge on any atom is 0.333 e. The van der Waals surface area contributed by atoms with E-state index >= 15 is 0 Å². The predicted molar refractivity (Wildman–Crippen MR) is 66.1 cm³/mol. The van der Waals surface area contributed by atoms with Crippen LogP contribution >= 0.6 is 23.2 Å². The normalized spacial score (nSPS) is 9.59. The number of benzene rings is 1. The Morgan fingerprint density at radius 1 is 1.24 bits per heavy atom. The third-order valence-corrected chi connectivity index (χ3v) is 2.35. The van der Waals surface area contributed by atoms with Gasteiger partial charge in [0, 0.05) is 11.6 Å². The molecule has 0 bridgehead atoms. The molecule has 0 radical (unpaired) electrons. The van der Waals surface area contributed by atoms with Gasteiger partial charge in [-0.05, 0) is 25.1 Å². The van der Waals surface area contributed by atoms with E-state index < -0.39 is 11.9 Å². The molecule has 0 atom stereocenters. The van der Waals surface area contributed by atoms with Crippen LogP contribution < -0.4 is 16.2 Å². The summed E-state index contributed by atoms with van der Waals surface area (Å²) in [7, 11) is 0. The van der Waals surface area contributed by atoms with Crippen molar-refractivity contribution in [1.29, 1.82) is 0 Å². The van der Waals surface area contributed by atoms with Gasteiger partial charge in [-0.3, -0.25) is 10.2 Å². The molecular weight excluding hydrogens is 265 g/mol. The van der Waals surface area contributed by atoms with E-state index in [2.05, 4.69) is 16.2 Å². The molecule has 0 aliphatic carbocycles. The van der Waals surface area contributed by atoms with E-state index in [9.17, 15) is 9.59 Å². The van der Waals surface area contributed by atoms with E-state index in [1.807, 2.05) is 0 Å². The number of amides is 3. The lowest BCUT2D eigenvalue weighted by atomic mass is 10.2. The third-order valence-electron chi connectivity index (χ3n) is 1.80. The first-order chi connectivity index (χ1) is 8.04. The first kappa shape index (κ1) is 13.6. The van der Waals surface area contributed by atoms with Crippen molar-refractivity contribution in [3.05, 3.63) is 33.8 Å². The topological polar surface area (TPSA) is 70.2 Å². The molecule has 0 heterocycles. The molecule has 0 aromatic heterocycles. The minimum atomic E-state index is -0.516. The van der Waals surface area contributed by atoms with Gasteiger partial charge in [-0.2, -0.15) is 0 Å². The van der Waals surface area contributed by atoms with Crippen LogP contribution in [-0.4, -0.2) is 18.5 Å². The number of hydrogen-bond donors (Lipinski definition) is 3. The monoisotopic (exact) mass is 275 g/mol. The van der Waals surface area contributed by atoms with Gasteiger partial charge in [0.25, 0.3) is 5.91 Å². The van der Waals surface area contributed by atoms with Crippen molar-refractivity contribution in [1.82, 2.24) is 16.2 Å². The summed E-state index contributed by atoms with van der Waals surface area (Å²) in [6, 6.07) is 3.96. The SMILES string of the molecule is CCNC(=O)NNC(=O)c1ccc(Cl)cc1Cl. The van der Waals surface area contributed by atoms with Gasteiger partial charge >= 0.3 is 6.03 Å². The molecule has 0 unspecified atom stereocenters. The standard InChI is InChI=1S/C10H11Cl2N3O2/c1-2-13-10(17)15-14-9(16)7-4-3-6(11)5-8(7)12/h3-5H,2H2,1H3,(H,14,16)(H2,13,15,17). The van der Waals surface area contributed by atoms with E-state index in [4.69, 9.17) is 23.2 Å². The maximum atomic E-state index is 11.6. The summed E-state index contributed by atoms with van der Waals surface area (Å²) in [6.45, 7) is 2.22. The number of hydrogen-bond acceptors (Lipinski definition) is 2. The number of rotatable bonds is 2. The van der Waals surface area contributed by atoms with Crippen LogP contribution in [0.4, 0.5) is 4.79 Å². The van der Waals surface area contributed by atoms with Crippen LogP contribution in [0.3, 0.4) is 0 Å². The van der Waals surface area contributed by atoms with Crippen molar-refractivity contribution in [3.63, 3.8) is 0 Å². The van der Waals surface area contributed by atoms with Crippen LogP contribution in [0.15, 0.2) is 18.2 Å². The van der Waals surface area contributed by atoms with Crippen molar-refractivity contribution in [2.24, 2.45) is 0 Å². The minimum absolute atomic E-state index is 0.215. The molecule has 1 aromatic rings. The Morgan fingerprint density at radius 3 is 2.53 bits per heavy atom. The van der Waals surface area contributed by atoms with Crippen molar-refractivity contribution in [2.45, 2.75) is 6.92 Å². The molecule has 3 amide bonds. The summed E-state index contributed by atoms with van der Waals surface area (Å²) in [6.07, 6.45) is 0. The largest absolute Gasteiger partial charge is 0.337 e. The number of carbonyl (C=O) groups excluding carboxylic acids is 2. The third kappa shape index (κ3) is 4.13. The Bertz CT molecular complexity index is 438. The highest BCUT2D eigenvalue weighted by atomic mass is 35.5. The number of urea groups is 1. The smallest absolute Gasteiger partial charge is 0.333 e. The van der Waals surface area contributed by atoms with Gasteiger partial charge < -0.3 is 5.32 Å². The van der Waals surface area contributed by atoms with Crippen LogP contribution in [0.1, 0.15) is 17.3 Å². The molecule has 17 heavy (non-hydrogen) atoms. The summed E-state index contributed by atoms with van der Waals surface area (Å²) >= 11 is 11.5. The predicted octanol–water partition coefficient (Wildman–Crippen LogP) is 1.96. The van der Waals surface area contributed by atoms with E-state index in [0.717, 1.165) is 0 Å². The molecule has 0 aliphatic rings. The fraction of sp³-hybridized carbons (Fsp3) is 0.200. The highest BCUT2D eigenvalue weighted by molar-refractivity contribution is 6.36. The molecule has 0 saturated carbocycles. The summed E-state index contributed by atoms with van der Waals surface area (Å²) in [5.41, 5.74) is 4.63. The highest BCUT2D eigenvalue weighted by Crippen LogP contribution is 2.20. The summed E-state index contributed by atoms with van der Waals surface area (Å²) in [4.78, 5) is 22.6. The number of halogens is 2. The van der Waals surface area contributed by atoms with Gasteiger partial charge in [-0.1, -0.05) is 23.2 Å². The highest BCUT2D eigenvalue weighted by Gasteiger charge is 2.11. The minimum Gasteiger partial charge on any atom is -0.337 e. The molecule has 0 saturated heterocycles. The molecule has 7 heteroatoms. The number of nitrogens with one attached hydrogen (secondary N) is 3. The van der Waals surface area contributed by atoms with E-state index in [1.165, 1.54) is 18.2 Å². The quantitative estimate of drug-likeness (QED) is 0.722. The van der Waals surface area contributed by atoms with Gasteiger partial charge in [0.1, 0.15) is 0 Å². The first-order valence-corrected chi connectivity index (χ1v) is 5.59. The fourth-order valence-electron chi connectivity index (χ4n) is 1.06. The first-order valence-electron chi connectivity index (χ1n) is 4.83. The van der Waals surface area contributed by atoms with Gasteiger partial charge in [-0.25, -0.2) is 10.2 Å². The summed E-state index contributed by atoms with van der Waals surface area (Å²) in [5.74, 6) is -0.516. The van der Waals surface area contributed by atoms with Crippen LogP contribution in [-0.2, 0) is 0 Å². The second kappa shape index (κ2) is 6.32. The Hall–Kier alpha value is -1.46. The van der Waals surface area contributed by atoms with Crippen LogP contribution in [0.2, 0.25) is 10.0 Å². The number of carbonyl (C=O) groups is 2. The molecule has 5 nitrogen and oxygen atoms in total. The molecule has 0 spiro atoms. The Kier molecular flexibility index (Phi) is 5.06. The van der Waals surface area contributed by atoms with Crippen molar-refractivity contribution in [2.75, 3.05) is 6.54 Å². The number of hydrazine groups is 1. The van der Waals surface area contributed by atoms with Crippen LogP contribution in [0, 0.1) is 0 Å². The molecule has 3 N–H and O–H groups in total. The Labute approximate surface area is 108 Å². The van der Waals surface area contributed by atoms with E-state index in [-0.39, 0.29) is 10.6 Å². The average molecular weight is 276 g/mol. The van der Waals surface area contributed by atoms with Gasteiger partial charge in [0.15, 0.2) is 0 Å². The summed E-state index contributed by atoms with van der Waals surface area (Å²) < 4.78 is 0. The lowest BCUT2D eigenvalue weighted by Crippen LogP contribution is -2.46. The zero-order valence-corrected chi connectivity index (χ0v) is 10.5. The van der Waals surface area contributed by atoms with E-state index in [0.29, 0.717) is 11.6 Å². The maximum absolute atomic E-state index is 11.6. The van der Waals surface area contributed by atoms with Gasteiger partial charge in [0.05, 0.1) is 10.6 Å². The van der Waals surface area contributed by atoms with Crippen molar-refractivity contribution in [3.8, 4) is 0 Å². The zero-order valence-electron chi connectivity index (χ0n) is 9.01. The lowest BCUT2D eigenvalue weighted by molar-refractivity contribution is 0.0936. The van der Waals surface area contributed by atoms with Crippen LogP contribution in [0.25, 0.3) is 0 Å². The van der Waals surface area contributed by atoms with Crippen LogP contribution in [0.5, 0.6) is 0 Å². The van der Waals surface area contributed by atoms with Crippen molar-refractivity contribution < 1.29 is 9.59 Å². The Balaban J connectivity index is 2.61. The fourth-order valence-corrected chi connectivity index (χ4v) is 1.55. The molecular formula is C10H11Cl2N3O2.